The summed E-state index contributed by atoms with van der Waals surface area (Å²) in [5.74, 6) is 0.0163. The number of pyridine rings is 1. The molecule has 0 saturated heterocycles. The van der Waals surface area contributed by atoms with E-state index in [9.17, 15) is 9.59 Å². The summed E-state index contributed by atoms with van der Waals surface area (Å²) in [6.07, 6.45) is 5.25. The molecule has 2 aromatic carbocycles. The summed E-state index contributed by atoms with van der Waals surface area (Å²) < 4.78 is 17.2. The van der Waals surface area contributed by atoms with Crippen molar-refractivity contribution in [2.24, 2.45) is 0 Å². The number of rotatable bonds is 7. The summed E-state index contributed by atoms with van der Waals surface area (Å²) in [5.41, 5.74) is 5.71. The zero-order valence-electron chi connectivity index (χ0n) is 23.0. The molecule has 0 saturated carbocycles. The minimum Gasteiger partial charge on any atom is -0.496 e. The Morgan fingerprint density at radius 3 is 2.40 bits per heavy atom. The number of nitrogens with zero attached hydrogens (tertiary/aromatic N) is 1. The summed E-state index contributed by atoms with van der Waals surface area (Å²) in [5, 5.41) is 3.58. The molecular formula is C32H30N2O5S. The van der Waals surface area contributed by atoms with Crippen molar-refractivity contribution in [3.63, 3.8) is 0 Å². The molecule has 40 heavy (non-hydrogen) atoms. The quantitative estimate of drug-likeness (QED) is 0.189. The summed E-state index contributed by atoms with van der Waals surface area (Å²) in [6, 6.07) is 16.2. The van der Waals surface area contributed by atoms with E-state index in [1.807, 2.05) is 31.2 Å². The molecule has 0 radical (unpaired) electrons. The van der Waals surface area contributed by atoms with Crippen LogP contribution < -0.4 is 14.8 Å². The third kappa shape index (κ3) is 5.62. The normalized spacial score (nSPS) is 13.5. The number of esters is 2. The lowest BCUT2D eigenvalue weighted by atomic mass is 9.85. The predicted octanol–water partition coefficient (Wildman–Crippen LogP) is 7.31. The van der Waals surface area contributed by atoms with E-state index in [4.69, 9.17) is 14.2 Å². The number of carbonyl (C=O) groups excluding carboxylic acids is 2. The standard InChI is InChI=1S/C32H30N2O5S/c1-19-17-32(3,4)34-26-10-9-23(25(29(19)26)18-38-31(36)28-11-6-20(2)40-28)24-8-7-22(16-27(24)37-5)39-30(35)21-12-14-33-15-13-21/h6-17,34H,18H2,1-5H3. The molecule has 3 heterocycles. The first kappa shape index (κ1) is 27.1. The van der Waals surface area contributed by atoms with Crippen LogP contribution >= 0.6 is 11.3 Å². The number of ether oxygens (including phenoxy) is 3. The first-order valence-electron chi connectivity index (χ1n) is 12.8. The number of aromatic nitrogens is 1. The number of carbonyl (C=O) groups is 2. The number of nitrogens with one attached hydrogen (secondary N) is 1. The molecule has 0 amide bonds. The van der Waals surface area contributed by atoms with Crippen LogP contribution in [0.15, 0.2) is 73.1 Å². The van der Waals surface area contributed by atoms with Gasteiger partial charge in [-0.2, -0.15) is 0 Å². The second kappa shape index (κ2) is 11.0. The molecule has 8 heteroatoms. The van der Waals surface area contributed by atoms with Gasteiger partial charge in [0.05, 0.1) is 18.2 Å². The van der Waals surface area contributed by atoms with Crippen molar-refractivity contribution in [1.29, 1.82) is 0 Å². The van der Waals surface area contributed by atoms with Gasteiger partial charge >= 0.3 is 11.9 Å². The van der Waals surface area contributed by atoms with Crippen molar-refractivity contribution in [3.8, 4) is 22.6 Å². The first-order valence-corrected chi connectivity index (χ1v) is 13.6. The topological polar surface area (TPSA) is 86.8 Å². The Bertz CT molecular complexity index is 1620. The fourth-order valence-electron chi connectivity index (χ4n) is 4.97. The number of allylic oxidation sites excluding steroid dienone is 1. The Kier molecular flexibility index (Phi) is 7.45. The summed E-state index contributed by atoms with van der Waals surface area (Å²) in [4.78, 5) is 31.0. The van der Waals surface area contributed by atoms with Gasteiger partial charge in [0.1, 0.15) is 23.0 Å². The molecule has 0 spiro atoms. The maximum Gasteiger partial charge on any atom is 0.348 e. The van der Waals surface area contributed by atoms with Crippen LogP contribution in [0, 0.1) is 6.92 Å². The first-order chi connectivity index (χ1) is 19.1. The average Bonchev–Trinajstić information content (AvgIpc) is 3.37. The Morgan fingerprint density at radius 2 is 1.70 bits per heavy atom. The van der Waals surface area contributed by atoms with E-state index >= 15 is 0 Å². The lowest BCUT2D eigenvalue weighted by Crippen LogP contribution is -2.32. The SMILES string of the molecule is COc1cc(OC(=O)c2ccncc2)ccc1-c1ccc2c(c1COC(=O)c1ccc(C)s1)C(C)=CC(C)(C)N2. The van der Waals surface area contributed by atoms with Crippen molar-refractivity contribution >= 4 is 34.5 Å². The third-order valence-electron chi connectivity index (χ3n) is 6.62. The molecule has 204 valence electrons. The average molecular weight is 555 g/mol. The monoisotopic (exact) mass is 554 g/mol. The molecule has 1 aliphatic rings. The Balaban J connectivity index is 1.53. The van der Waals surface area contributed by atoms with Crippen molar-refractivity contribution in [2.75, 3.05) is 12.4 Å². The number of hydrogen-bond donors (Lipinski definition) is 1. The van der Waals surface area contributed by atoms with Crippen LogP contribution in [0.3, 0.4) is 0 Å². The van der Waals surface area contributed by atoms with Crippen molar-refractivity contribution in [3.05, 3.63) is 99.5 Å². The van der Waals surface area contributed by atoms with E-state index in [1.54, 1.807) is 37.4 Å². The molecular weight excluding hydrogens is 524 g/mol. The molecule has 7 nitrogen and oxygen atoms in total. The zero-order valence-corrected chi connectivity index (χ0v) is 23.8. The van der Waals surface area contributed by atoms with Gasteiger partial charge in [-0.25, -0.2) is 9.59 Å². The van der Waals surface area contributed by atoms with Crippen LogP contribution in [-0.4, -0.2) is 29.6 Å². The maximum absolute atomic E-state index is 12.9. The number of anilines is 1. The molecule has 0 fully saturated rings. The highest BCUT2D eigenvalue weighted by Crippen LogP contribution is 2.43. The molecule has 0 unspecified atom stereocenters. The highest BCUT2D eigenvalue weighted by molar-refractivity contribution is 7.13. The molecule has 2 aromatic heterocycles. The van der Waals surface area contributed by atoms with E-state index in [0.717, 1.165) is 38.4 Å². The predicted molar refractivity (Wildman–Crippen MR) is 157 cm³/mol. The highest BCUT2D eigenvalue weighted by atomic mass is 32.1. The minimum absolute atomic E-state index is 0.0729. The second-order valence-corrected chi connectivity index (χ2v) is 11.5. The zero-order chi connectivity index (χ0) is 28.4. The van der Waals surface area contributed by atoms with Gasteiger partial charge in [-0.15, -0.1) is 11.3 Å². The van der Waals surface area contributed by atoms with Crippen LogP contribution in [0.25, 0.3) is 16.7 Å². The summed E-state index contributed by atoms with van der Waals surface area (Å²) >= 11 is 1.41. The number of methoxy groups -OCH3 is 1. The van der Waals surface area contributed by atoms with Gasteiger partial charge in [0.2, 0.25) is 0 Å². The molecule has 1 aliphatic heterocycles. The second-order valence-electron chi connectivity index (χ2n) is 10.2. The number of aryl methyl sites for hydroxylation is 1. The van der Waals surface area contributed by atoms with E-state index < -0.39 is 5.97 Å². The molecule has 5 rings (SSSR count). The Hall–Kier alpha value is -4.43. The van der Waals surface area contributed by atoms with Crippen molar-refractivity contribution < 1.29 is 23.8 Å². The summed E-state index contributed by atoms with van der Waals surface area (Å²) in [6.45, 7) is 8.32. The molecule has 0 atom stereocenters. The van der Waals surface area contributed by atoms with E-state index in [0.29, 0.717) is 21.9 Å². The van der Waals surface area contributed by atoms with E-state index in [1.165, 1.54) is 23.7 Å². The Labute approximate surface area is 237 Å². The van der Waals surface area contributed by atoms with Crippen LogP contribution in [0.4, 0.5) is 5.69 Å². The fraction of sp³-hybridized carbons (Fsp3) is 0.219. The van der Waals surface area contributed by atoms with Crippen LogP contribution in [-0.2, 0) is 11.3 Å². The van der Waals surface area contributed by atoms with Gasteiger partial charge in [0, 0.05) is 45.7 Å². The van der Waals surface area contributed by atoms with Gasteiger partial charge in [0.25, 0.3) is 0 Å². The van der Waals surface area contributed by atoms with Crippen LogP contribution in [0.5, 0.6) is 11.5 Å². The summed E-state index contributed by atoms with van der Waals surface area (Å²) in [7, 11) is 1.57. The molecule has 1 N–H and O–H groups in total. The maximum atomic E-state index is 12.9. The molecule has 0 aliphatic carbocycles. The van der Waals surface area contributed by atoms with Gasteiger partial charge in [-0.05, 0) is 81.3 Å². The van der Waals surface area contributed by atoms with Gasteiger partial charge in [-0.3, -0.25) is 4.98 Å². The van der Waals surface area contributed by atoms with Crippen LogP contribution in [0.2, 0.25) is 0 Å². The van der Waals surface area contributed by atoms with Gasteiger partial charge in [0.15, 0.2) is 0 Å². The lowest BCUT2D eigenvalue weighted by Gasteiger charge is -2.33. The number of benzene rings is 2. The minimum atomic E-state index is -0.489. The highest BCUT2D eigenvalue weighted by Gasteiger charge is 2.27. The van der Waals surface area contributed by atoms with Gasteiger partial charge < -0.3 is 19.5 Å². The Morgan fingerprint density at radius 1 is 0.950 bits per heavy atom. The van der Waals surface area contributed by atoms with Crippen LogP contribution in [0.1, 0.15) is 56.8 Å². The van der Waals surface area contributed by atoms with E-state index in [-0.39, 0.29) is 18.1 Å². The number of hydrogen-bond acceptors (Lipinski definition) is 8. The van der Waals surface area contributed by atoms with Gasteiger partial charge in [-0.1, -0.05) is 12.1 Å². The largest absolute Gasteiger partial charge is 0.496 e. The fourth-order valence-corrected chi connectivity index (χ4v) is 5.73. The number of fused-ring (bicyclic) bond motifs is 1. The van der Waals surface area contributed by atoms with Crippen molar-refractivity contribution in [1.82, 2.24) is 4.98 Å². The molecule has 0 bridgehead atoms. The number of thiophene rings is 1. The lowest BCUT2D eigenvalue weighted by molar-refractivity contribution is 0.0478. The van der Waals surface area contributed by atoms with E-state index in [2.05, 4.69) is 37.1 Å². The molecule has 4 aromatic rings. The van der Waals surface area contributed by atoms with Crippen molar-refractivity contribution in [2.45, 2.75) is 39.8 Å². The third-order valence-corrected chi connectivity index (χ3v) is 7.60. The smallest absolute Gasteiger partial charge is 0.348 e.